The van der Waals surface area contributed by atoms with Gasteiger partial charge in [-0.3, -0.25) is 0 Å². The van der Waals surface area contributed by atoms with Crippen molar-refractivity contribution < 1.29 is 19.0 Å². The summed E-state index contributed by atoms with van der Waals surface area (Å²) >= 11 is 5.84. The van der Waals surface area contributed by atoms with Crippen molar-refractivity contribution >= 4 is 34.0 Å². The maximum Gasteiger partial charge on any atom is 0.165 e. The summed E-state index contributed by atoms with van der Waals surface area (Å²) in [6.07, 6.45) is 2.81. The lowest BCUT2D eigenvalue weighted by Crippen LogP contribution is -2.25. The van der Waals surface area contributed by atoms with Crippen LogP contribution in [-0.2, 0) is 4.74 Å². The molecule has 1 fully saturated rings. The summed E-state index contributed by atoms with van der Waals surface area (Å²) in [7, 11) is 0. The first kappa shape index (κ1) is 17.8. The first-order chi connectivity index (χ1) is 13.1. The zero-order valence-corrected chi connectivity index (χ0v) is 15.0. The van der Waals surface area contributed by atoms with Gasteiger partial charge in [-0.15, -0.1) is 0 Å². The lowest BCUT2D eigenvalue weighted by atomic mass is 10.1. The molecular formula is C19H17ClFN3O3. The molecule has 0 saturated carbocycles. The summed E-state index contributed by atoms with van der Waals surface area (Å²) < 4.78 is 25.5. The third-order valence-corrected chi connectivity index (χ3v) is 4.67. The van der Waals surface area contributed by atoms with Crippen LogP contribution in [0.25, 0.3) is 10.9 Å². The maximum atomic E-state index is 14.2. The van der Waals surface area contributed by atoms with E-state index in [0.717, 1.165) is 12.8 Å². The number of rotatable bonds is 4. The van der Waals surface area contributed by atoms with Crippen molar-refractivity contribution in [1.82, 2.24) is 9.97 Å². The van der Waals surface area contributed by atoms with Gasteiger partial charge in [0.05, 0.1) is 29.4 Å². The number of fused-ring (bicyclic) bond motifs is 1. The molecular weight excluding hydrogens is 373 g/mol. The molecule has 1 saturated heterocycles. The van der Waals surface area contributed by atoms with Crippen LogP contribution in [0.1, 0.15) is 12.8 Å². The Balaban J connectivity index is 1.70. The largest absolute Gasteiger partial charge is 0.504 e. The van der Waals surface area contributed by atoms with Crippen LogP contribution in [0.4, 0.5) is 15.9 Å². The van der Waals surface area contributed by atoms with Gasteiger partial charge in [0.2, 0.25) is 0 Å². The number of anilines is 2. The van der Waals surface area contributed by atoms with Gasteiger partial charge >= 0.3 is 0 Å². The summed E-state index contributed by atoms with van der Waals surface area (Å²) in [5.74, 6) is 0.146. The van der Waals surface area contributed by atoms with E-state index in [4.69, 9.17) is 21.1 Å². The molecule has 0 unspecified atom stereocenters. The molecule has 1 aliphatic heterocycles. The van der Waals surface area contributed by atoms with Gasteiger partial charge in [-0.25, -0.2) is 14.4 Å². The quantitative estimate of drug-likeness (QED) is 0.687. The highest BCUT2D eigenvalue weighted by Gasteiger charge is 2.19. The van der Waals surface area contributed by atoms with Gasteiger partial charge in [0.25, 0.3) is 0 Å². The molecule has 0 aliphatic carbocycles. The molecule has 1 aliphatic rings. The number of ether oxygens (including phenoxy) is 2. The van der Waals surface area contributed by atoms with E-state index in [-0.39, 0.29) is 22.6 Å². The van der Waals surface area contributed by atoms with Gasteiger partial charge in [-0.1, -0.05) is 17.7 Å². The Bertz CT molecular complexity index is 980. The van der Waals surface area contributed by atoms with Crippen molar-refractivity contribution in [3.05, 3.63) is 47.5 Å². The number of nitrogens with zero attached hydrogens (tertiary/aromatic N) is 2. The van der Waals surface area contributed by atoms with Crippen LogP contribution < -0.4 is 10.1 Å². The number of aromatic nitrogens is 2. The number of phenolic OH excluding ortho intramolecular Hbond substituents is 1. The van der Waals surface area contributed by atoms with Crippen LogP contribution in [0.5, 0.6) is 11.5 Å². The first-order valence-electron chi connectivity index (χ1n) is 8.55. The van der Waals surface area contributed by atoms with E-state index in [1.165, 1.54) is 18.5 Å². The van der Waals surface area contributed by atoms with E-state index in [0.29, 0.717) is 35.7 Å². The third kappa shape index (κ3) is 3.74. The third-order valence-electron chi connectivity index (χ3n) is 4.38. The van der Waals surface area contributed by atoms with Gasteiger partial charge in [0, 0.05) is 24.3 Å². The molecule has 2 heterocycles. The second-order valence-corrected chi connectivity index (χ2v) is 6.62. The van der Waals surface area contributed by atoms with Gasteiger partial charge in [-0.05, 0) is 18.2 Å². The predicted molar refractivity (Wildman–Crippen MR) is 100 cm³/mol. The molecule has 27 heavy (non-hydrogen) atoms. The highest BCUT2D eigenvalue weighted by molar-refractivity contribution is 6.31. The van der Waals surface area contributed by atoms with E-state index in [1.807, 2.05) is 0 Å². The maximum absolute atomic E-state index is 14.2. The van der Waals surface area contributed by atoms with Gasteiger partial charge in [-0.2, -0.15) is 0 Å². The number of hydrogen-bond acceptors (Lipinski definition) is 6. The van der Waals surface area contributed by atoms with Crippen molar-refractivity contribution in [3.8, 4) is 11.5 Å². The number of halogens is 2. The van der Waals surface area contributed by atoms with Crippen LogP contribution >= 0.6 is 11.6 Å². The lowest BCUT2D eigenvalue weighted by molar-refractivity contribution is 0.0246. The van der Waals surface area contributed by atoms with E-state index >= 15 is 0 Å². The highest BCUT2D eigenvalue weighted by atomic mass is 35.5. The fraction of sp³-hybridized carbons (Fsp3) is 0.263. The molecule has 6 nitrogen and oxygen atoms in total. The van der Waals surface area contributed by atoms with Crippen molar-refractivity contribution in [2.45, 2.75) is 18.9 Å². The SMILES string of the molecule is Oc1cc2ncnc(Nc3cccc(Cl)c3F)c2cc1OC1CCOCC1. The molecule has 3 aromatic rings. The molecule has 4 rings (SSSR count). The second kappa shape index (κ2) is 7.54. The number of phenols is 1. The normalized spacial score (nSPS) is 15.0. The Kier molecular flexibility index (Phi) is 4.96. The number of nitrogens with one attached hydrogen (secondary N) is 1. The van der Waals surface area contributed by atoms with E-state index in [1.54, 1.807) is 18.2 Å². The Morgan fingerprint density at radius 1 is 1.22 bits per heavy atom. The molecule has 1 aromatic heterocycles. The zero-order chi connectivity index (χ0) is 18.8. The van der Waals surface area contributed by atoms with Crippen molar-refractivity contribution in [2.24, 2.45) is 0 Å². The second-order valence-electron chi connectivity index (χ2n) is 6.22. The smallest absolute Gasteiger partial charge is 0.165 e. The average molecular weight is 390 g/mol. The zero-order valence-electron chi connectivity index (χ0n) is 14.3. The molecule has 140 valence electrons. The van der Waals surface area contributed by atoms with E-state index in [9.17, 15) is 9.50 Å². The molecule has 2 aromatic carbocycles. The molecule has 0 amide bonds. The summed E-state index contributed by atoms with van der Waals surface area (Å²) in [6, 6.07) is 7.84. The monoisotopic (exact) mass is 389 g/mol. The average Bonchev–Trinajstić information content (AvgIpc) is 2.67. The lowest BCUT2D eigenvalue weighted by Gasteiger charge is -2.24. The predicted octanol–water partition coefficient (Wildman–Crippen LogP) is 4.43. The molecule has 0 spiro atoms. The minimum absolute atomic E-state index is 0.00687. The summed E-state index contributed by atoms with van der Waals surface area (Å²) in [5.41, 5.74) is 0.703. The van der Waals surface area contributed by atoms with Crippen molar-refractivity contribution in [3.63, 3.8) is 0 Å². The van der Waals surface area contributed by atoms with Crippen LogP contribution in [0, 0.1) is 5.82 Å². The number of hydrogen-bond donors (Lipinski definition) is 2. The number of benzene rings is 2. The Hall–Kier alpha value is -2.64. The topological polar surface area (TPSA) is 76.5 Å². The van der Waals surface area contributed by atoms with Crippen molar-refractivity contribution in [2.75, 3.05) is 18.5 Å². The Morgan fingerprint density at radius 2 is 2.04 bits per heavy atom. The molecule has 0 bridgehead atoms. The van der Waals surface area contributed by atoms with Gasteiger partial charge < -0.3 is 19.9 Å². The van der Waals surface area contributed by atoms with Gasteiger partial charge in [0.15, 0.2) is 17.3 Å². The molecule has 0 radical (unpaired) electrons. The van der Waals surface area contributed by atoms with Crippen LogP contribution in [0.2, 0.25) is 5.02 Å². The highest BCUT2D eigenvalue weighted by Crippen LogP contribution is 2.36. The van der Waals surface area contributed by atoms with Crippen LogP contribution in [0.3, 0.4) is 0 Å². The van der Waals surface area contributed by atoms with Crippen molar-refractivity contribution in [1.29, 1.82) is 0 Å². The fourth-order valence-corrected chi connectivity index (χ4v) is 3.14. The first-order valence-corrected chi connectivity index (χ1v) is 8.93. The standard InChI is InChI=1S/C19H17ClFN3O3/c20-13-2-1-3-14(18(13)21)24-19-12-8-17(27-11-4-6-26-7-5-11)16(25)9-15(12)22-10-23-19/h1-3,8-11,25H,4-7H2,(H,22,23,24). The van der Waals surface area contributed by atoms with Gasteiger partial charge in [0.1, 0.15) is 18.2 Å². The summed E-state index contributed by atoms with van der Waals surface area (Å²) in [6.45, 7) is 1.26. The molecule has 0 atom stereocenters. The summed E-state index contributed by atoms with van der Waals surface area (Å²) in [4.78, 5) is 8.37. The number of aromatic hydroxyl groups is 1. The van der Waals surface area contributed by atoms with E-state index < -0.39 is 5.82 Å². The van der Waals surface area contributed by atoms with E-state index in [2.05, 4.69) is 15.3 Å². The fourth-order valence-electron chi connectivity index (χ4n) is 2.97. The summed E-state index contributed by atoms with van der Waals surface area (Å²) in [5, 5.41) is 13.8. The minimum atomic E-state index is -0.566. The Morgan fingerprint density at radius 3 is 2.85 bits per heavy atom. The molecule has 2 N–H and O–H groups in total. The van der Waals surface area contributed by atoms with Crippen LogP contribution in [-0.4, -0.2) is 34.4 Å². The van der Waals surface area contributed by atoms with Crippen LogP contribution in [0.15, 0.2) is 36.7 Å². The Labute approximate surface area is 159 Å². The minimum Gasteiger partial charge on any atom is -0.504 e. The molecule has 8 heteroatoms.